The van der Waals surface area contributed by atoms with Gasteiger partial charge in [0, 0.05) is 5.25 Å². The van der Waals surface area contributed by atoms with Crippen LogP contribution in [0.3, 0.4) is 0 Å². The summed E-state index contributed by atoms with van der Waals surface area (Å²) in [7, 11) is 0. The lowest BCUT2D eigenvalue weighted by molar-refractivity contribution is -0.112. The van der Waals surface area contributed by atoms with Crippen molar-refractivity contribution in [1.82, 2.24) is 0 Å². The van der Waals surface area contributed by atoms with Crippen molar-refractivity contribution in [3.05, 3.63) is 12.2 Å². The molecule has 1 atom stereocenters. The molecular weight excluding hydrogens is 156 g/mol. The maximum Gasteiger partial charge on any atom is 0.152 e. The first kappa shape index (κ1) is 10.8. The van der Waals surface area contributed by atoms with E-state index in [-0.39, 0.29) is 5.78 Å². The van der Waals surface area contributed by atoms with E-state index in [2.05, 4.69) is 13.8 Å². The van der Waals surface area contributed by atoms with Crippen molar-refractivity contribution >= 4 is 17.5 Å². The number of carbonyl (C=O) groups excluding carboxylic acids is 1. The minimum atomic E-state index is 0.138. The molecule has 0 aromatic rings. The lowest BCUT2D eigenvalue weighted by Gasteiger charge is -2.04. The lowest BCUT2D eigenvalue weighted by Crippen LogP contribution is -1.94. The standard InChI is InChI=1S/C9H16OS/c1-4-11-9(3)7-5-6-8(2)10/h5-6,9H,4,7H2,1-3H3. The summed E-state index contributed by atoms with van der Waals surface area (Å²) >= 11 is 1.92. The quantitative estimate of drug-likeness (QED) is 0.593. The summed E-state index contributed by atoms with van der Waals surface area (Å²) in [5.74, 6) is 1.29. The maximum atomic E-state index is 10.5. The van der Waals surface area contributed by atoms with Crippen LogP contribution in [-0.4, -0.2) is 16.8 Å². The van der Waals surface area contributed by atoms with Gasteiger partial charge in [-0.05, 0) is 25.2 Å². The monoisotopic (exact) mass is 172 g/mol. The highest BCUT2D eigenvalue weighted by Gasteiger charge is 1.96. The minimum absolute atomic E-state index is 0.138. The van der Waals surface area contributed by atoms with Crippen molar-refractivity contribution in [1.29, 1.82) is 0 Å². The third kappa shape index (κ3) is 7.66. The van der Waals surface area contributed by atoms with Crippen molar-refractivity contribution in [3.63, 3.8) is 0 Å². The third-order valence-corrected chi connectivity index (χ3v) is 2.37. The highest BCUT2D eigenvalue weighted by molar-refractivity contribution is 7.99. The predicted octanol–water partition coefficient (Wildman–Crippen LogP) is 2.66. The number of rotatable bonds is 5. The number of thioether (sulfide) groups is 1. The normalized spacial score (nSPS) is 13.7. The van der Waals surface area contributed by atoms with Gasteiger partial charge in [0.25, 0.3) is 0 Å². The van der Waals surface area contributed by atoms with Gasteiger partial charge in [-0.1, -0.05) is 19.9 Å². The fourth-order valence-corrected chi connectivity index (χ4v) is 1.59. The molecule has 1 unspecified atom stereocenters. The maximum absolute atomic E-state index is 10.5. The molecule has 0 saturated carbocycles. The topological polar surface area (TPSA) is 17.1 Å². The molecule has 0 aliphatic carbocycles. The van der Waals surface area contributed by atoms with Gasteiger partial charge in [0.05, 0.1) is 0 Å². The molecule has 0 fully saturated rings. The second-order valence-electron chi connectivity index (χ2n) is 2.51. The summed E-state index contributed by atoms with van der Waals surface area (Å²) in [6.45, 7) is 5.91. The van der Waals surface area contributed by atoms with Crippen LogP contribution in [0.1, 0.15) is 27.2 Å². The molecule has 0 aromatic carbocycles. The Hall–Kier alpha value is -0.240. The van der Waals surface area contributed by atoms with Crippen LogP contribution >= 0.6 is 11.8 Å². The number of allylic oxidation sites excluding steroid dienone is 2. The van der Waals surface area contributed by atoms with Crippen LogP contribution < -0.4 is 0 Å². The molecule has 0 spiro atoms. The molecule has 0 heterocycles. The molecule has 1 nitrogen and oxygen atoms in total. The molecular formula is C9H16OS. The Labute approximate surface area is 73.3 Å². The minimum Gasteiger partial charge on any atom is -0.295 e. The number of ketones is 1. The Balaban J connectivity index is 3.44. The molecule has 2 heteroatoms. The third-order valence-electron chi connectivity index (χ3n) is 1.27. The molecule has 0 N–H and O–H groups in total. The van der Waals surface area contributed by atoms with Crippen LogP contribution in [0.25, 0.3) is 0 Å². The van der Waals surface area contributed by atoms with E-state index in [0.29, 0.717) is 5.25 Å². The number of hydrogen-bond donors (Lipinski definition) is 0. The van der Waals surface area contributed by atoms with Gasteiger partial charge in [0.15, 0.2) is 5.78 Å². The Morgan fingerprint density at radius 2 is 2.27 bits per heavy atom. The van der Waals surface area contributed by atoms with Gasteiger partial charge in [-0.2, -0.15) is 11.8 Å². The van der Waals surface area contributed by atoms with Gasteiger partial charge >= 0.3 is 0 Å². The van der Waals surface area contributed by atoms with Crippen LogP contribution in [0.5, 0.6) is 0 Å². The van der Waals surface area contributed by atoms with E-state index in [9.17, 15) is 4.79 Å². The summed E-state index contributed by atoms with van der Waals surface area (Å²) in [5.41, 5.74) is 0. The van der Waals surface area contributed by atoms with E-state index in [1.807, 2.05) is 17.8 Å². The highest BCUT2D eigenvalue weighted by atomic mass is 32.2. The SMILES string of the molecule is CCSC(C)CC=CC(C)=O. The Bertz CT molecular complexity index is 140. The zero-order valence-corrected chi connectivity index (χ0v) is 8.28. The van der Waals surface area contributed by atoms with E-state index in [1.165, 1.54) is 0 Å². The smallest absolute Gasteiger partial charge is 0.152 e. The van der Waals surface area contributed by atoms with Gasteiger partial charge in [0.2, 0.25) is 0 Å². The molecule has 0 bridgehead atoms. The largest absolute Gasteiger partial charge is 0.295 e. The van der Waals surface area contributed by atoms with Crippen molar-refractivity contribution in [2.75, 3.05) is 5.75 Å². The fraction of sp³-hybridized carbons (Fsp3) is 0.667. The molecule has 0 aromatic heterocycles. The zero-order valence-electron chi connectivity index (χ0n) is 7.46. The summed E-state index contributed by atoms with van der Waals surface area (Å²) in [6, 6.07) is 0. The molecule has 0 rings (SSSR count). The summed E-state index contributed by atoms with van der Waals surface area (Å²) in [4.78, 5) is 10.5. The molecule has 0 aliphatic heterocycles. The molecule has 0 saturated heterocycles. The highest BCUT2D eigenvalue weighted by Crippen LogP contribution is 2.13. The van der Waals surface area contributed by atoms with Crippen LogP contribution in [-0.2, 0) is 4.79 Å². The second kappa shape index (κ2) is 6.47. The zero-order chi connectivity index (χ0) is 8.69. The summed E-state index contributed by atoms with van der Waals surface area (Å²) in [6.07, 6.45) is 4.60. The molecule has 0 radical (unpaired) electrons. The van der Waals surface area contributed by atoms with Gasteiger partial charge in [-0.25, -0.2) is 0 Å². The number of hydrogen-bond acceptors (Lipinski definition) is 2. The summed E-state index contributed by atoms with van der Waals surface area (Å²) < 4.78 is 0. The summed E-state index contributed by atoms with van der Waals surface area (Å²) in [5, 5.41) is 0.635. The van der Waals surface area contributed by atoms with Gasteiger partial charge in [0.1, 0.15) is 0 Å². The van der Waals surface area contributed by atoms with Crippen LogP contribution in [0.15, 0.2) is 12.2 Å². The first-order chi connectivity index (χ1) is 5.16. The van der Waals surface area contributed by atoms with Crippen molar-refractivity contribution in [2.45, 2.75) is 32.4 Å². The van der Waals surface area contributed by atoms with Crippen molar-refractivity contribution < 1.29 is 4.79 Å². The van der Waals surface area contributed by atoms with E-state index in [0.717, 1.165) is 12.2 Å². The van der Waals surface area contributed by atoms with Crippen LogP contribution in [0.2, 0.25) is 0 Å². The van der Waals surface area contributed by atoms with Crippen molar-refractivity contribution in [2.24, 2.45) is 0 Å². The van der Waals surface area contributed by atoms with Crippen LogP contribution in [0, 0.1) is 0 Å². The van der Waals surface area contributed by atoms with Crippen LogP contribution in [0.4, 0.5) is 0 Å². The Kier molecular flexibility index (Phi) is 6.33. The lowest BCUT2D eigenvalue weighted by atomic mass is 10.3. The van der Waals surface area contributed by atoms with E-state index in [4.69, 9.17) is 0 Å². The fourth-order valence-electron chi connectivity index (χ4n) is 0.778. The predicted molar refractivity (Wildman–Crippen MR) is 52.0 cm³/mol. The number of carbonyl (C=O) groups is 1. The Morgan fingerprint density at radius 1 is 1.64 bits per heavy atom. The van der Waals surface area contributed by atoms with Gasteiger partial charge < -0.3 is 0 Å². The molecule has 0 amide bonds. The van der Waals surface area contributed by atoms with Crippen molar-refractivity contribution in [3.8, 4) is 0 Å². The average molecular weight is 172 g/mol. The first-order valence-corrected chi connectivity index (χ1v) is 5.00. The van der Waals surface area contributed by atoms with E-state index >= 15 is 0 Å². The average Bonchev–Trinajstić information content (AvgIpc) is 1.87. The van der Waals surface area contributed by atoms with Gasteiger partial charge in [-0.3, -0.25) is 4.79 Å². The first-order valence-electron chi connectivity index (χ1n) is 3.95. The Morgan fingerprint density at radius 3 is 2.73 bits per heavy atom. The van der Waals surface area contributed by atoms with E-state index in [1.54, 1.807) is 13.0 Å². The second-order valence-corrected chi connectivity index (χ2v) is 4.23. The molecule has 11 heavy (non-hydrogen) atoms. The van der Waals surface area contributed by atoms with Gasteiger partial charge in [-0.15, -0.1) is 0 Å². The molecule has 64 valence electrons. The van der Waals surface area contributed by atoms with E-state index < -0.39 is 0 Å². The molecule has 0 aliphatic rings.